The fourth-order valence-corrected chi connectivity index (χ4v) is 3.82. The van der Waals surface area contributed by atoms with E-state index >= 15 is 0 Å². The van der Waals surface area contributed by atoms with Crippen molar-refractivity contribution in [2.45, 2.75) is 33.2 Å². The molecule has 7 nitrogen and oxygen atoms in total. The van der Waals surface area contributed by atoms with Crippen LogP contribution in [-0.4, -0.2) is 36.0 Å². The Kier molecular flexibility index (Phi) is 7.53. The lowest BCUT2D eigenvalue weighted by Gasteiger charge is -2.35. The first-order valence-corrected chi connectivity index (χ1v) is 10.9. The molecule has 0 fully saturated rings. The van der Waals surface area contributed by atoms with E-state index in [0.717, 1.165) is 6.42 Å². The molecule has 0 saturated carbocycles. The van der Waals surface area contributed by atoms with Gasteiger partial charge < -0.3 is 15.4 Å². The van der Waals surface area contributed by atoms with Crippen LogP contribution in [-0.2, 0) is 9.53 Å². The summed E-state index contributed by atoms with van der Waals surface area (Å²) in [6.45, 7) is 6.19. The number of benzene rings is 2. The summed E-state index contributed by atoms with van der Waals surface area (Å²) in [5.41, 5.74) is 2.61. The molecule has 1 aliphatic heterocycles. The van der Waals surface area contributed by atoms with Crippen LogP contribution in [0.1, 0.15) is 49.2 Å². The molecular weight excluding hydrogens is 430 g/mol. The first-order chi connectivity index (χ1) is 15.4. The molecule has 2 aromatic carbocycles. The molecule has 32 heavy (non-hydrogen) atoms. The summed E-state index contributed by atoms with van der Waals surface area (Å²) in [5, 5.41) is 6.07. The minimum atomic E-state index is -0.650. The normalized spacial score (nSPS) is 15.9. The number of anilines is 1. The maximum Gasteiger partial charge on any atom is 0.338 e. The highest BCUT2D eigenvalue weighted by molar-refractivity contribution is 6.34. The van der Waals surface area contributed by atoms with E-state index in [1.54, 1.807) is 67.3 Å². The highest BCUT2D eigenvalue weighted by atomic mass is 35.5. The van der Waals surface area contributed by atoms with Gasteiger partial charge in [-0.2, -0.15) is 0 Å². The van der Waals surface area contributed by atoms with Crippen molar-refractivity contribution in [1.82, 2.24) is 10.2 Å². The molecule has 2 N–H and O–H groups in total. The van der Waals surface area contributed by atoms with Crippen molar-refractivity contribution in [3.05, 3.63) is 76.0 Å². The van der Waals surface area contributed by atoms with E-state index in [1.807, 2.05) is 6.92 Å². The Morgan fingerprint density at radius 3 is 2.44 bits per heavy atom. The summed E-state index contributed by atoms with van der Waals surface area (Å²) in [5.74, 6) is -0.792. The zero-order valence-electron chi connectivity index (χ0n) is 18.3. The van der Waals surface area contributed by atoms with Crippen molar-refractivity contribution in [3.8, 4) is 0 Å². The molecule has 3 amide bonds. The van der Waals surface area contributed by atoms with Crippen LogP contribution in [0.5, 0.6) is 0 Å². The Morgan fingerprint density at radius 1 is 1.12 bits per heavy atom. The molecule has 0 aromatic heterocycles. The molecule has 1 atom stereocenters. The van der Waals surface area contributed by atoms with Crippen molar-refractivity contribution >= 4 is 35.2 Å². The number of hydrogen-bond acceptors (Lipinski definition) is 4. The minimum Gasteiger partial charge on any atom is -0.463 e. The monoisotopic (exact) mass is 455 g/mol. The highest BCUT2D eigenvalue weighted by Crippen LogP contribution is 2.32. The number of ether oxygens (including phenoxy) is 1. The largest absolute Gasteiger partial charge is 0.463 e. The minimum absolute atomic E-state index is 0.233. The third kappa shape index (κ3) is 4.94. The fourth-order valence-electron chi connectivity index (χ4n) is 3.60. The van der Waals surface area contributed by atoms with Gasteiger partial charge in [-0.15, -0.1) is 0 Å². The number of esters is 1. The number of halogens is 1. The van der Waals surface area contributed by atoms with Gasteiger partial charge >= 0.3 is 12.0 Å². The van der Waals surface area contributed by atoms with E-state index in [1.165, 1.54) is 0 Å². The third-order valence-corrected chi connectivity index (χ3v) is 5.49. The number of nitrogens with one attached hydrogen (secondary N) is 2. The standard InChI is InChI=1S/C24H26ClN3O4/c1-4-14-28-15(3)20(23(30)32-5-2)21(27-24(28)31)16-10-12-17(13-11-16)26-22(29)18-8-6-7-9-19(18)25/h6-13,21H,4-5,14H2,1-3H3,(H,26,29)(H,27,31)/t21-/m0/s1. The lowest BCUT2D eigenvalue weighted by atomic mass is 9.94. The van der Waals surface area contributed by atoms with Crippen molar-refractivity contribution in [1.29, 1.82) is 0 Å². The molecule has 0 spiro atoms. The first-order valence-electron chi connectivity index (χ1n) is 10.5. The molecule has 0 radical (unpaired) electrons. The molecule has 8 heteroatoms. The average Bonchev–Trinajstić information content (AvgIpc) is 2.77. The molecule has 2 aromatic rings. The van der Waals surface area contributed by atoms with Gasteiger partial charge in [-0.25, -0.2) is 9.59 Å². The van der Waals surface area contributed by atoms with Gasteiger partial charge in [0.2, 0.25) is 0 Å². The molecule has 0 saturated heterocycles. The Morgan fingerprint density at radius 2 is 1.81 bits per heavy atom. The molecule has 3 rings (SSSR count). The predicted molar refractivity (Wildman–Crippen MR) is 123 cm³/mol. The number of urea groups is 1. The molecule has 168 valence electrons. The van der Waals surface area contributed by atoms with Gasteiger partial charge in [0, 0.05) is 17.9 Å². The predicted octanol–water partition coefficient (Wildman–Crippen LogP) is 4.91. The van der Waals surface area contributed by atoms with Gasteiger partial charge in [-0.3, -0.25) is 9.69 Å². The smallest absolute Gasteiger partial charge is 0.338 e. The number of carbonyl (C=O) groups is 3. The van der Waals surface area contributed by atoms with Crippen molar-refractivity contribution in [3.63, 3.8) is 0 Å². The Hall–Kier alpha value is -3.32. The second-order valence-corrected chi connectivity index (χ2v) is 7.72. The zero-order valence-corrected chi connectivity index (χ0v) is 19.0. The molecular formula is C24H26ClN3O4. The number of carbonyl (C=O) groups excluding carboxylic acids is 3. The van der Waals surface area contributed by atoms with Gasteiger partial charge in [0.1, 0.15) is 0 Å². The van der Waals surface area contributed by atoms with Crippen molar-refractivity contribution in [2.75, 3.05) is 18.5 Å². The number of hydrogen-bond donors (Lipinski definition) is 2. The van der Waals surface area contributed by atoms with E-state index in [2.05, 4.69) is 10.6 Å². The zero-order chi connectivity index (χ0) is 23.3. The van der Waals surface area contributed by atoms with Crippen molar-refractivity contribution in [2.24, 2.45) is 0 Å². The average molecular weight is 456 g/mol. The summed E-state index contributed by atoms with van der Waals surface area (Å²) >= 11 is 6.09. The van der Waals surface area contributed by atoms with Crippen LogP contribution >= 0.6 is 11.6 Å². The first kappa shape index (κ1) is 23.3. The van der Waals surface area contributed by atoms with E-state index in [-0.39, 0.29) is 18.5 Å². The Bertz CT molecular complexity index is 1050. The number of allylic oxidation sites excluding steroid dienone is 1. The molecule has 0 bridgehead atoms. The van der Waals surface area contributed by atoms with E-state index in [9.17, 15) is 14.4 Å². The van der Waals surface area contributed by atoms with Gasteiger partial charge in [0.05, 0.1) is 28.8 Å². The van der Waals surface area contributed by atoms with Gasteiger partial charge in [0.15, 0.2) is 0 Å². The molecule has 0 unspecified atom stereocenters. The van der Waals surface area contributed by atoms with Gasteiger partial charge in [-0.1, -0.05) is 42.8 Å². The SMILES string of the molecule is CCCN1C(=O)N[C@@H](c2ccc(NC(=O)c3ccccc3Cl)cc2)C(C(=O)OCC)=C1C. The summed E-state index contributed by atoms with van der Waals surface area (Å²) in [7, 11) is 0. The maximum absolute atomic E-state index is 12.7. The maximum atomic E-state index is 12.7. The number of amides is 3. The van der Waals surface area contributed by atoms with Crippen LogP contribution in [0.15, 0.2) is 59.8 Å². The topological polar surface area (TPSA) is 87.7 Å². The van der Waals surface area contributed by atoms with E-state index < -0.39 is 12.0 Å². The van der Waals surface area contributed by atoms with Gasteiger partial charge in [0.25, 0.3) is 5.91 Å². The summed E-state index contributed by atoms with van der Waals surface area (Å²) in [6, 6.07) is 12.8. The summed E-state index contributed by atoms with van der Waals surface area (Å²) in [4.78, 5) is 39.4. The van der Waals surface area contributed by atoms with Crippen LogP contribution in [0.25, 0.3) is 0 Å². The third-order valence-electron chi connectivity index (χ3n) is 5.16. The Balaban J connectivity index is 1.87. The second kappa shape index (κ2) is 10.3. The van der Waals surface area contributed by atoms with Crippen LogP contribution in [0.2, 0.25) is 5.02 Å². The molecule has 0 aliphatic carbocycles. The number of rotatable bonds is 7. The van der Waals surface area contributed by atoms with Crippen LogP contribution in [0, 0.1) is 0 Å². The van der Waals surface area contributed by atoms with Crippen LogP contribution < -0.4 is 10.6 Å². The fraction of sp³-hybridized carbons (Fsp3) is 0.292. The molecule has 1 heterocycles. The Labute approximate surface area is 192 Å². The lowest BCUT2D eigenvalue weighted by molar-refractivity contribution is -0.139. The second-order valence-electron chi connectivity index (χ2n) is 7.31. The summed E-state index contributed by atoms with van der Waals surface area (Å²) < 4.78 is 5.26. The highest BCUT2D eigenvalue weighted by Gasteiger charge is 2.36. The lowest BCUT2D eigenvalue weighted by Crippen LogP contribution is -2.48. The van der Waals surface area contributed by atoms with E-state index in [0.29, 0.717) is 39.7 Å². The van der Waals surface area contributed by atoms with Crippen molar-refractivity contribution < 1.29 is 19.1 Å². The molecule has 1 aliphatic rings. The van der Waals surface area contributed by atoms with Crippen LogP contribution in [0.4, 0.5) is 10.5 Å². The van der Waals surface area contributed by atoms with E-state index in [4.69, 9.17) is 16.3 Å². The van der Waals surface area contributed by atoms with Gasteiger partial charge in [-0.05, 0) is 50.1 Å². The quantitative estimate of drug-likeness (QED) is 0.581. The van der Waals surface area contributed by atoms with Crippen LogP contribution in [0.3, 0.4) is 0 Å². The summed E-state index contributed by atoms with van der Waals surface area (Å²) in [6.07, 6.45) is 0.755. The number of nitrogens with zero attached hydrogens (tertiary/aromatic N) is 1.